The van der Waals surface area contributed by atoms with E-state index in [1.807, 2.05) is 36.1 Å². The number of nitrogens with one attached hydrogen (secondary N) is 1. The number of hydrogen-bond donors (Lipinski definition) is 1. The van der Waals surface area contributed by atoms with Crippen LogP contribution in [0.5, 0.6) is 5.75 Å². The normalized spacial score (nSPS) is 17.2. The van der Waals surface area contributed by atoms with E-state index in [4.69, 9.17) is 9.73 Å². The molecule has 2 heterocycles. The summed E-state index contributed by atoms with van der Waals surface area (Å²) in [4.78, 5) is 7.23. The van der Waals surface area contributed by atoms with Gasteiger partial charge in [0, 0.05) is 45.8 Å². The highest BCUT2D eigenvalue weighted by Crippen LogP contribution is 2.21. The topological polar surface area (TPSA) is 54.7 Å². The van der Waals surface area contributed by atoms with Gasteiger partial charge in [0.1, 0.15) is 5.75 Å². The largest absolute Gasteiger partial charge is 0.493 e. The van der Waals surface area contributed by atoms with Crippen molar-refractivity contribution < 1.29 is 4.74 Å². The van der Waals surface area contributed by atoms with Crippen molar-refractivity contribution in [2.75, 3.05) is 32.8 Å². The summed E-state index contributed by atoms with van der Waals surface area (Å²) in [6, 6.07) is 8.15. The molecule has 1 aliphatic rings. The first-order valence-electron chi connectivity index (χ1n) is 10.3. The molecule has 1 aromatic carbocycles. The lowest BCUT2D eigenvalue weighted by Gasteiger charge is -2.21. The van der Waals surface area contributed by atoms with Crippen LogP contribution in [-0.2, 0) is 13.5 Å². The summed E-state index contributed by atoms with van der Waals surface area (Å²) < 4.78 is 7.76. The summed E-state index contributed by atoms with van der Waals surface area (Å²) in [6.45, 7) is 8.68. The lowest BCUT2D eigenvalue weighted by Crippen LogP contribution is -2.40. The van der Waals surface area contributed by atoms with Gasteiger partial charge in [0.15, 0.2) is 5.96 Å². The number of aryl methyl sites for hydroxylation is 2. The third-order valence-corrected chi connectivity index (χ3v) is 5.12. The minimum Gasteiger partial charge on any atom is -0.493 e. The van der Waals surface area contributed by atoms with E-state index in [1.54, 1.807) is 0 Å². The third kappa shape index (κ3) is 5.75. The van der Waals surface area contributed by atoms with Gasteiger partial charge in [0.05, 0.1) is 12.8 Å². The fourth-order valence-corrected chi connectivity index (χ4v) is 3.68. The van der Waals surface area contributed by atoms with E-state index in [0.29, 0.717) is 12.5 Å². The van der Waals surface area contributed by atoms with E-state index in [-0.39, 0.29) is 0 Å². The summed E-state index contributed by atoms with van der Waals surface area (Å²) in [7, 11) is 1.98. The van der Waals surface area contributed by atoms with E-state index in [1.165, 1.54) is 17.5 Å². The standard InChI is InChI=1S/C22H33N5O/c1-4-23-22(24-11-7-13-28-21-9-6-5-8-18(21)2)27-12-10-19(17-27)14-20-15-25-26(3)16-20/h5-6,8-9,15-16,19H,4,7,10-14,17H2,1-3H3,(H,23,24). The molecule has 0 bridgehead atoms. The zero-order valence-electron chi connectivity index (χ0n) is 17.4. The Labute approximate surface area is 168 Å². The molecule has 1 fully saturated rings. The monoisotopic (exact) mass is 383 g/mol. The Kier molecular flexibility index (Phi) is 7.34. The average molecular weight is 384 g/mol. The molecule has 6 nitrogen and oxygen atoms in total. The molecule has 1 unspecified atom stereocenters. The van der Waals surface area contributed by atoms with Crippen LogP contribution in [0.2, 0.25) is 0 Å². The SMILES string of the molecule is CCNC(=NCCCOc1ccccc1C)N1CCC(Cc2cnn(C)c2)C1. The van der Waals surface area contributed by atoms with Crippen LogP contribution in [-0.4, -0.2) is 53.4 Å². The van der Waals surface area contributed by atoms with Gasteiger partial charge in [-0.25, -0.2) is 0 Å². The van der Waals surface area contributed by atoms with E-state index in [2.05, 4.69) is 41.4 Å². The van der Waals surface area contributed by atoms with Gasteiger partial charge in [-0.05, 0) is 49.8 Å². The van der Waals surface area contributed by atoms with Crippen molar-refractivity contribution in [1.82, 2.24) is 20.0 Å². The summed E-state index contributed by atoms with van der Waals surface area (Å²) in [5, 5.41) is 7.73. The summed E-state index contributed by atoms with van der Waals surface area (Å²) in [6.07, 6.45) is 7.31. The van der Waals surface area contributed by atoms with Gasteiger partial charge in [-0.2, -0.15) is 5.10 Å². The molecule has 3 rings (SSSR count). The fraction of sp³-hybridized carbons (Fsp3) is 0.545. The molecule has 0 amide bonds. The van der Waals surface area contributed by atoms with Crippen LogP contribution < -0.4 is 10.1 Å². The molecule has 1 saturated heterocycles. The molecule has 0 aliphatic carbocycles. The Morgan fingerprint density at radius 1 is 1.36 bits per heavy atom. The predicted molar refractivity (Wildman–Crippen MR) is 114 cm³/mol. The number of guanidine groups is 1. The van der Waals surface area contributed by atoms with E-state index in [0.717, 1.165) is 50.7 Å². The Morgan fingerprint density at radius 2 is 2.21 bits per heavy atom. The zero-order chi connectivity index (χ0) is 19.8. The van der Waals surface area contributed by atoms with E-state index < -0.39 is 0 Å². The van der Waals surface area contributed by atoms with Crippen LogP contribution in [0.25, 0.3) is 0 Å². The average Bonchev–Trinajstić information content (AvgIpc) is 3.31. The van der Waals surface area contributed by atoms with Gasteiger partial charge < -0.3 is 15.0 Å². The minimum absolute atomic E-state index is 0.664. The van der Waals surface area contributed by atoms with Crippen LogP contribution in [0.1, 0.15) is 30.9 Å². The van der Waals surface area contributed by atoms with Crippen molar-refractivity contribution >= 4 is 5.96 Å². The first-order chi connectivity index (χ1) is 13.7. The predicted octanol–water partition coefficient (Wildman–Crippen LogP) is 3.03. The lowest BCUT2D eigenvalue weighted by atomic mass is 10.0. The maximum atomic E-state index is 5.88. The molecule has 6 heteroatoms. The molecular weight excluding hydrogens is 350 g/mol. The maximum Gasteiger partial charge on any atom is 0.193 e. The Hall–Kier alpha value is -2.50. The fourth-order valence-electron chi connectivity index (χ4n) is 3.68. The highest BCUT2D eigenvalue weighted by atomic mass is 16.5. The number of hydrogen-bond acceptors (Lipinski definition) is 3. The van der Waals surface area contributed by atoms with Crippen LogP contribution >= 0.6 is 0 Å². The number of nitrogens with zero attached hydrogens (tertiary/aromatic N) is 4. The molecule has 1 N–H and O–H groups in total. The number of para-hydroxylation sites is 1. The second kappa shape index (κ2) is 10.2. The molecular formula is C22H33N5O. The van der Waals surface area contributed by atoms with Crippen molar-refractivity contribution in [3.8, 4) is 5.75 Å². The van der Waals surface area contributed by atoms with Crippen LogP contribution in [0.3, 0.4) is 0 Å². The highest BCUT2D eigenvalue weighted by molar-refractivity contribution is 5.80. The highest BCUT2D eigenvalue weighted by Gasteiger charge is 2.25. The van der Waals surface area contributed by atoms with Gasteiger partial charge >= 0.3 is 0 Å². The van der Waals surface area contributed by atoms with E-state index >= 15 is 0 Å². The van der Waals surface area contributed by atoms with Crippen LogP contribution in [0.4, 0.5) is 0 Å². The molecule has 0 saturated carbocycles. The summed E-state index contributed by atoms with van der Waals surface area (Å²) >= 11 is 0. The number of aliphatic imine (C=N–C) groups is 1. The Morgan fingerprint density at radius 3 is 2.96 bits per heavy atom. The third-order valence-electron chi connectivity index (χ3n) is 5.12. The lowest BCUT2D eigenvalue weighted by molar-refractivity contribution is 0.311. The Bertz CT molecular complexity index is 770. The van der Waals surface area contributed by atoms with Crippen molar-refractivity contribution in [2.24, 2.45) is 18.0 Å². The molecule has 28 heavy (non-hydrogen) atoms. The van der Waals surface area contributed by atoms with Crippen molar-refractivity contribution in [1.29, 1.82) is 0 Å². The second-order valence-corrected chi connectivity index (χ2v) is 7.53. The first kappa shape index (κ1) is 20.2. The van der Waals surface area contributed by atoms with Gasteiger partial charge in [-0.15, -0.1) is 0 Å². The van der Waals surface area contributed by atoms with Gasteiger partial charge in [-0.3, -0.25) is 9.67 Å². The molecule has 152 valence electrons. The van der Waals surface area contributed by atoms with Crippen LogP contribution in [0.15, 0.2) is 41.7 Å². The molecule has 1 aromatic heterocycles. The number of benzene rings is 1. The van der Waals surface area contributed by atoms with E-state index in [9.17, 15) is 0 Å². The summed E-state index contributed by atoms with van der Waals surface area (Å²) in [5.74, 6) is 2.67. The van der Waals surface area contributed by atoms with Crippen molar-refractivity contribution in [2.45, 2.75) is 33.1 Å². The number of aromatic nitrogens is 2. The summed E-state index contributed by atoms with van der Waals surface area (Å²) in [5.41, 5.74) is 2.50. The second-order valence-electron chi connectivity index (χ2n) is 7.53. The van der Waals surface area contributed by atoms with Gasteiger partial charge in [-0.1, -0.05) is 18.2 Å². The number of likely N-dealkylation sites (tertiary alicyclic amines) is 1. The van der Waals surface area contributed by atoms with Crippen molar-refractivity contribution in [3.63, 3.8) is 0 Å². The smallest absolute Gasteiger partial charge is 0.193 e. The molecule has 1 atom stereocenters. The number of rotatable bonds is 8. The Balaban J connectivity index is 1.45. The maximum absolute atomic E-state index is 5.88. The minimum atomic E-state index is 0.664. The zero-order valence-corrected chi connectivity index (χ0v) is 17.4. The number of ether oxygens (including phenoxy) is 1. The quantitative estimate of drug-likeness (QED) is 0.432. The van der Waals surface area contributed by atoms with Crippen LogP contribution in [0, 0.1) is 12.8 Å². The molecule has 1 aliphatic heterocycles. The first-order valence-corrected chi connectivity index (χ1v) is 10.3. The van der Waals surface area contributed by atoms with Crippen molar-refractivity contribution in [3.05, 3.63) is 47.8 Å². The molecule has 0 spiro atoms. The molecule has 2 aromatic rings. The molecule has 0 radical (unpaired) electrons. The van der Waals surface area contributed by atoms with Gasteiger partial charge in [0.2, 0.25) is 0 Å². The van der Waals surface area contributed by atoms with Gasteiger partial charge in [0.25, 0.3) is 0 Å².